The first-order valence-electron chi connectivity index (χ1n) is 10.7. The lowest BCUT2D eigenvalue weighted by atomic mass is 10.0. The Morgan fingerprint density at radius 1 is 1.22 bits per heavy atom. The maximum Gasteiger partial charge on any atom is 0.257 e. The van der Waals surface area contributed by atoms with Gasteiger partial charge in [0, 0.05) is 24.1 Å². The maximum atomic E-state index is 13.9. The summed E-state index contributed by atoms with van der Waals surface area (Å²) in [5.74, 6) is -2.33. The van der Waals surface area contributed by atoms with Crippen LogP contribution in [0.25, 0.3) is 0 Å². The molecule has 172 valence electrons. The molecular formula is C24H28F2N2O4. The number of rotatable bonds is 8. The van der Waals surface area contributed by atoms with Crippen molar-refractivity contribution < 1.29 is 27.8 Å². The number of nitrogens with one attached hydrogen (secondary N) is 2. The fraction of sp³-hybridized carbons (Fsp3) is 0.417. The van der Waals surface area contributed by atoms with Crippen LogP contribution in [-0.2, 0) is 17.8 Å². The van der Waals surface area contributed by atoms with Crippen LogP contribution in [0.4, 0.5) is 8.78 Å². The fourth-order valence-corrected chi connectivity index (χ4v) is 3.66. The smallest absolute Gasteiger partial charge is 0.257 e. The second-order valence-electron chi connectivity index (χ2n) is 8.14. The minimum Gasteiger partial charge on any atom is -0.494 e. The van der Waals surface area contributed by atoms with Gasteiger partial charge in [0.25, 0.3) is 5.91 Å². The van der Waals surface area contributed by atoms with E-state index >= 15 is 0 Å². The minimum atomic E-state index is -0.987. The van der Waals surface area contributed by atoms with Crippen LogP contribution < -0.4 is 20.1 Å². The van der Waals surface area contributed by atoms with E-state index in [9.17, 15) is 18.4 Å². The Balaban J connectivity index is 1.73. The van der Waals surface area contributed by atoms with Gasteiger partial charge in [0.05, 0.1) is 6.61 Å². The van der Waals surface area contributed by atoms with Gasteiger partial charge in [0.1, 0.15) is 40.8 Å². The number of benzene rings is 2. The molecule has 0 aromatic heterocycles. The fourth-order valence-electron chi connectivity index (χ4n) is 3.66. The molecule has 1 aliphatic rings. The highest BCUT2D eigenvalue weighted by atomic mass is 19.1. The van der Waals surface area contributed by atoms with Gasteiger partial charge in [-0.2, -0.15) is 0 Å². The van der Waals surface area contributed by atoms with Gasteiger partial charge in [-0.1, -0.05) is 19.9 Å². The van der Waals surface area contributed by atoms with Crippen LogP contribution in [-0.4, -0.2) is 30.6 Å². The zero-order chi connectivity index (χ0) is 23.4. The van der Waals surface area contributed by atoms with E-state index in [0.717, 1.165) is 35.4 Å². The van der Waals surface area contributed by atoms with Crippen molar-refractivity contribution in [3.05, 3.63) is 58.7 Å². The first-order valence-corrected chi connectivity index (χ1v) is 10.7. The van der Waals surface area contributed by atoms with Crippen LogP contribution >= 0.6 is 0 Å². The van der Waals surface area contributed by atoms with Gasteiger partial charge >= 0.3 is 0 Å². The van der Waals surface area contributed by atoms with E-state index in [4.69, 9.17) is 9.47 Å². The molecule has 8 heteroatoms. The van der Waals surface area contributed by atoms with Gasteiger partial charge in [-0.05, 0) is 44.0 Å². The number of halogens is 2. The second-order valence-corrected chi connectivity index (χ2v) is 8.14. The number of carbonyl (C=O) groups is 2. The van der Waals surface area contributed by atoms with Gasteiger partial charge in [-0.3, -0.25) is 9.59 Å². The molecule has 1 unspecified atom stereocenters. The number of fused-ring (bicyclic) bond motifs is 1. The summed E-state index contributed by atoms with van der Waals surface area (Å²) in [7, 11) is 0. The molecule has 3 rings (SSSR count). The SMILES string of the molecule is CCOc1cc2c(cc1CNC(=O)[C@@H](NC(=O)c1c(F)cccc1F)C(C)C)OC(C)C2. The summed E-state index contributed by atoms with van der Waals surface area (Å²) in [6.45, 7) is 7.94. The molecule has 0 spiro atoms. The molecule has 0 saturated carbocycles. The number of amides is 2. The second kappa shape index (κ2) is 9.97. The highest BCUT2D eigenvalue weighted by Gasteiger charge is 2.28. The first-order chi connectivity index (χ1) is 15.2. The molecule has 0 aliphatic carbocycles. The van der Waals surface area contributed by atoms with E-state index in [1.165, 1.54) is 6.07 Å². The number of ether oxygens (including phenoxy) is 2. The molecule has 2 atom stereocenters. The molecule has 1 heterocycles. The van der Waals surface area contributed by atoms with Crippen molar-refractivity contribution in [2.45, 2.75) is 52.8 Å². The molecule has 2 N–H and O–H groups in total. The molecule has 0 radical (unpaired) electrons. The summed E-state index contributed by atoms with van der Waals surface area (Å²) >= 11 is 0. The summed E-state index contributed by atoms with van der Waals surface area (Å²) in [6, 6.07) is 5.95. The molecule has 2 aromatic carbocycles. The van der Waals surface area contributed by atoms with Gasteiger partial charge < -0.3 is 20.1 Å². The molecule has 2 aromatic rings. The van der Waals surface area contributed by atoms with Crippen molar-refractivity contribution >= 4 is 11.8 Å². The highest BCUT2D eigenvalue weighted by molar-refractivity contribution is 5.98. The van der Waals surface area contributed by atoms with E-state index in [0.29, 0.717) is 12.4 Å². The predicted molar refractivity (Wildman–Crippen MR) is 116 cm³/mol. The molecule has 32 heavy (non-hydrogen) atoms. The zero-order valence-electron chi connectivity index (χ0n) is 18.6. The summed E-state index contributed by atoms with van der Waals surface area (Å²) in [5, 5.41) is 5.24. The Morgan fingerprint density at radius 3 is 2.53 bits per heavy atom. The standard InChI is InChI=1S/C24H28F2N2O4/c1-5-31-19-10-15-9-14(4)32-20(15)11-16(19)12-27-24(30)22(13(2)3)28-23(29)21-17(25)7-6-8-18(21)26/h6-8,10-11,13-14,22H,5,9,12H2,1-4H3,(H,27,30)(H,28,29)/t14?,22-/m0/s1. The summed E-state index contributed by atoms with van der Waals surface area (Å²) in [6.07, 6.45) is 0.861. The Kier molecular flexibility index (Phi) is 7.33. The third-order valence-electron chi connectivity index (χ3n) is 5.26. The lowest BCUT2D eigenvalue weighted by Crippen LogP contribution is -2.49. The van der Waals surface area contributed by atoms with Crippen LogP contribution in [0.3, 0.4) is 0 Å². The Hall–Kier alpha value is -3.16. The largest absolute Gasteiger partial charge is 0.494 e. The summed E-state index contributed by atoms with van der Waals surface area (Å²) in [4.78, 5) is 25.3. The van der Waals surface area contributed by atoms with Crippen LogP contribution in [0.2, 0.25) is 0 Å². The topological polar surface area (TPSA) is 76.7 Å². The van der Waals surface area contributed by atoms with E-state index in [-0.39, 0.29) is 18.6 Å². The third kappa shape index (κ3) is 5.18. The predicted octanol–water partition coefficient (Wildman–Crippen LogP) is 3.76. The van der Waals surface area contributed by atoms with E-state index in [1.807, 2.05) is 26.0 Å². The first kappa shape index (κ1) is 23.5. The zero-order valence-corrected chi connectivity index (χ0v) is 18.6. The van der Waals surface area contributed by atoms with Crippen LogP contribution in [0.5, 0.6) is 11.5 Å². The number of hydrogen-bond donors (Lipinski definition) is 2. The van der Waals surface area contributed by atoms with E-state index in [2.05, 4.69) is 10.6 Å². The van der Waals surface area contributed by atoms with Gasteiger partial charge in [-0.15, -0.1) is 0 Å². The van der Waals surface area contributed by atoms with Gasteiger partial charge in [-0.25, -0.2) is 8.78 Å². The third-order valence-corrected chi connectivity index (χ3v) is 5.26. The number of hydrogen-bond acceptors (Lipinski definition) is 4. The summed E-state index contributed by atoms with van der Waals surface area (Å²) in [5.41, 5.74) is 1.08. The quantitative estimate of drug-likeness (QED) is 0.648. The lowest BCUT2D eigenvalue weighted by molar-refractivity contribution is -0.124. The van der Waals surface area contributed by atoms with Crippen LogP contribution in [0.1, 0.15) is 49.2 Å². The minimum absolute atomic E-state index is 0.0728. The monoisotopic (exact) mass is 446 g/mol. The molecular weight excluding hydrogens is 418 g/mol. The number of carbonyl (C=O) groups excluding carboxylic acids is 2. The van der Waals surface area contributed by atoms with Crippen molar-refractivity contribution in [1.29, 1.82) is 0 Å². The Bertz CT molecular complexity index is 989. The van der Waals surface area contributed by atoms with E-state index in [1.54, 1.807) is 13.8 Å². The average molecular weight is 446 g/mol. The maximum absolute atomic E-state index is 13.9. The molecule has 2 amide bonds. The van der Waals surface area contributed by atoms with Crippen molar-refractivity contribution in [3.8, 4) is 11.5 Å². The Labute approximate surface area is 186 Å². The lowest BCUT2D eigenvalue weighted by Gasteiger charge is -2.22. The normalized spacial score (nSPS) is 15.7. The van der Waals surface area contributed by atoms with Crippen molar-refractivity contribution in [1.82, 2.24) is 10.6 Å². The van der Waals surface area contributed by atoms with E-state index < -0.39 is 35.1 Å². The van der Waals surface area contributed by atoms with Crippen molar-refractivity contribution in [2.24, 2.45) is 5.92 Å². The highest BCUT2D eigenvalue weighted by Crippen LogP contribution is 2.35. The summed E-state index contributed by atoms with van der Waals surface area (Å²) < 4.78 is 39.4. The molecule has 0 fully saturated rings. The van der Waals surface area contributed by atoms with Crippen molar-refractivity contribution in [2.75, 3.05) is 6.61 Å². The Morgan fingerprint density at radius 2 is 1.91 bits per heavy atom. The van der Waals surface area contributed by atoms with Crippen LogP contribution in [0.15, 0.2) is 30.3 Å². The van der Waals surface area contributed by atoms with Gasteiger partial charge in [0.2, 0.25) is 5.91 Å². The average Bonchev–Trinajstić information content (AvgIpc) is 3.08. The molecule has 0 saturated heterocycles. The molecule has 0 bridgehead atoms. The van der Waals surface area contributed by atoms with Crippen molar-refractivity contribution in [3.63, 3.8) is 0 Å². The van der Waals surface area contributed by atoms with Crippen LogP contribution in [0, 0.1) is 17.6 Å². The van der Waals surface area contributed by atoms with Gasteiger partial charge in [0.15, 0.2) is 0 Å². The molecule has 1 aliphatic heterocycles. The molecule has 6 nitrogen and oxygen atoms in total.